The van der Waals surface area contributed by atoms with E-state index in [0.717, 1.165) is 22.4 Å². The van der Waals surface area contributed by atoms with E-state index in [1.807, 2.05) is 56.4 Å². The van der Waals surface area contributed by atoms with Crippen molar-refractivity contribution in [1.82, 2.24) is 5.32 Å². The molecular weight excluding hydrogens is 262 g/mol. The van der Waals surface area contributed by atoms with Gasteiger partial charge in [0.25, 0.3) is 0 Å². The van der Waals surface area contributed by atoms with Crippen molar-refractivity contribution in [2.45, 2.75) is 25.0 Å². The molecule has 3 nitrogen and oxygen atoms in total. The lowest BCUT2D eigenvalue weighted by Gasteiger charge is -2.31. The van der Waals surface area contributed by atoms with E-state index in [1.54, 1.807) is 0 Å². The Morgan fingerprint density at radius 2 is 1.90 bits per heavy atom. The molecule has 110 valence electrons. The first-order valence-corrected chi connectivity index (χ1v) is 7.31. The molecule has 2 unspecified atom stereocenters. The lowest BCUT2D eigenvalue weighted by atomic mass is 9.97. The molecule has 0 aromatic heterocycles. The van der Waals surface area contributed by atoms with E-state index in [2.05, 4.69) is 11.4 Å². The van der Waals surface area contributed by atoms with Gasteiger partial charge in [-0.1, -0.05) is 42.5 Å². The number of hydrogen-bond donors (Lipinski definition) is 2. The van der Waals surface area contributed by atoms with E-state index in [0.29, 0.717) is 13.0 Å². The fourth-order valence-corrected chi connectivity index (χ4v) is 3.11. The summed E-state index contributed by atoms with van der Waals surface area (Å²) in [6, 6.07) is 16.0. The molecule has 2 atom stereocenters. The van der Waals surface area contributed by atoms with Gasteiger partial charge in [0.15, 0.2) is 6.10 Å². The van der Waals surface area contributed by atoms with Gasteiger partial charge >= 0.3 is 0 Å². The quantitative estimate of drug-likeness (QED) is 0.906. The van der Waals surface area contributed by atoms with Gasteiger partial charge in [-0.2, -0.15) is 0 Å². The van der Waals surface area contributed by atoms with Crippen LogP contribution in [0.1, 0.15) is 22.8 Å². The maximum Gasteiger partial charge on any atom is 0.154 e. The second-order valence-electron chi connectivity index (χ2n) is 5.77. The summed E-state index contributed by atoms with van der Waals surface area (Å²) in [7, 11) is 1.85. The highest BCUT2D eigenvalue weighted by Gasteiger charge is 2.46. The Kier molecular flexibility index (Phi) is 3.70. The van der Waals surface area contributed by atoms with Gasteiger partial charge in [0.2, 0.25) is 0 Å². The molecule has 0 radical (unpaired) electrons. The highest BCUT2D eigenvalue weighted by molar-refractivity contribution is 5.41. The first kappa shape index (κ1) is 14.1. The summed E-state index contributed by atoms with van der Waals surface area (Å²) in [5, 5.41) is 14.1. The smallest absolute Gasteiger partial charge is 0.154 e. The molecule has 0 fully saturated rings. The van der Waals surface area contributed by atoms with Crippen LogP contribution >= 0.6 is 0 Å². The van der Waals surface area contributed by atoms with Crippen molar-refractivity contribution in [1.29, 1.82) is 0 Å². The van der Waals surface area contributed by atoms with Crippen molar-refractivity contribution in [2.75, 3.05) is 13.6 Å². The third-order valence-corrected chi connectivity index (χ3v) is 4.14. The summed E-state index contributed by atoms with van der Waals surface area (Å²) < 4.78 is 6.21. The Morgan fingerprint density at radius 1 is 1.19 bits per heavy atom. The number of ether oxygens (including phenoxy) is 1. The zero-order valence-corrected chi connectivity index (χ0v) is 12.5. The van der Waals surface area contributed by atoms with Gasteiger partial charge < -0.3 is 15.2 Å². The predicted octanol–water partition coefficient (Wildman–Crippen LogP) is 2.62. The van der Waals surface area contributed by atoms with E-state index in [4.69, 9.17) is 4.74 Å². The molecule has 3 heteroatoms. The number of fused-ring (bicyclic) bond motifs is 1. The fourth-order valence-electron chi connectivity index (χ4n) is 3.11. The van der Waals surface area contributed by atoms with E-state index >= 15 is 0 Å². The molecule has 0 bridgehead atoms. The second kappa shape index (κ2) is 5.51. The molecule has 0 saturated carbocycles. The Bertz CT molecular complexity index is 641. The standard InChI is InChI=1S/C18H21NO2/c1-13-7-3-6-10-16(13)21-17-15-9-5-4-8-14(15)11-18(17,20)12-19-2/h3-10,17,19-20H,11-12H2,1-2H3. The van der Waals surface area contributed by atoms with Crippen LogP contribution in [-0.2, 0) is 6.42 Å². The molecule has 2 aromatic carbocycles. The molecule has 0 heterocycles. The maximum absolute atomic E-state index is 11.0. The van der Waals surface area contributed by atoms with E-state index in [9.17, 15) is 5.11 Å². The summed E-state index contributed by atoms with van der Waals surface area (Å²) in [4.78, 5) is 0. The topological polar surface area (TPSA) is 41.5 Å². The molecule has 0 amide bonds. The summed E-state index contributed by atoms with van der Waals surface area (Å²) in [6.45, 7) is 2.52. The number of likely N-dealkylation sites (N-methyl/N-ethyl adjacent to an activating group) is 1. The molecular formula is C18H21NO2. The van der Waals surface area contributed by atoms with Crippen LogP contribution in [-0.4, -0.2) is 24.3 Å². The van der Waals surface area contributed by atoms with Crippen LogP contribution in [0.3, 0.4) is 0 Å². The van der Waals surface area contributed by atoms with Crippen LogP contribution in [0.4, 0.5) is 0 Å². The number of hydrogen-bond acceptors (Lipinski definition) is 3. The number of para-hydroxylation sites is 1. The molecule has 21 heavy (non-hydrogen) atoms. The van der Waals surface area contributed by atoms with Crippen molar-refractivity contribution in [2.24, 2.45) is 0 Å². The zero-order valence-electron chi connectivity index (χ0n) is 12.5. The summed E-state index contributed by atoms with van der Waals surface area (Å²) in [6.07, 6.45) is 0.267. The first-order chi connectivity index (χ1) is 10.1. The van der Waals surface area contributed by atoms with Crippen LogP contribution in [0.2, 0.25) is 0 Å². The van der Waals surface area contributed by atoms with E-state index in [1.165, 1.54) is 0 Å². The molecule has 0 spiro atoms. The minimum atomic E-state index is -0.916. The third kappa shape index (κ3) is 2.55. The van der Waals surface area contributed by atoms with Crippen molar-refractivity contribution < 1.29 is 9.84 Å². The van der Waals surface area contributed by atoms with Gasteiger partial charge in [0, 0.05) is 13.0 Å². The Hall–Kier alpha value is -1.84. The van der Waals surface area contributed by atoms with Gasteiger partial charge in [-0.15, -0.1) is 0 Å². The summed E-state index contributed by atoms with van der Waals surface area (Å²) >= 11 is 0. The van der Waals surface area contributed by atoms with Gasteiger partial charge in [-0.25, -0.2) is 0 Å². The maximum atomic E-state index is 11.0. The molecule has 2 N–H and O–H groups in total. The molecule has 0 saturated heterocycles. The SMILES string of the molecule is CNCC1(O)Cc2ccccc2C1Oc1ccccc1C. The Labute approximate surface area is 125 Å². The van der Waals surface area contributed by atoms with Crippen LogP contribution in [0.25, 0.3) is 0 Å². The minimum absolute atomic E-state index is 0.345. The Balaban J connectivity index is 1.98. The zero-order chi connectivity index (χ0) is 14.9. The molecule has 2 aromatic rings. The highest BCUT2D eigenvalue weighted by Crippen LogP contribution is 2.42. The van der Waals surface area contributed by atoms with Crippen LogP contribution in [0, 0.1) is 6.92 Å². The number of aryl methyl sites for hydroxylation is 1. The summed E-state index contributed by atoms with van der Waals surface area (Å²) in [5.41, 5.74) is 2.40. The highest BCUT2D eigenvalue weighted by atomic mass is 16.5. The second-order valence-corrected chi connectivity index (χ2v) is 5.77. The lowest BCUT2D eigenvalue weighted by molar-refractivity contribution is -0.0486. The molecule has 1 aliphatic rings. The van der Waals surface area contributed by atoms with E-state index in [-0.39, 0.29) is 6.10 Å². The van der Waals surface area contributed by atoms with Gasteiger partial charge in [0.1, 0.15) is 11.4 Å². The van der Waals surface area contributed by atoms with Crippen molar-refractivity contribution in [3.63, 3.8) is 0 Å². The number of rotatable bonds is 4. The van der Waals surface area contributed by atoms with Crippen LogP contribution in [0.5, 0.6) is 5.75 Å². The minimum Gasteiger partial charge on any atom is -0.482 e. The molecule has 1 aliphatic carbocycles. The van der Waals surface area contributed by atoms with E-state index < -0.39 is 5.60 Å². The van der Waals surface area contributed by atoms with Gasteiger partial charge in [-0.05, 0) is 36.7 Å². The lowest BCUT2D eigenvalue weighted by Crippen LogP contribution is -2.45. The average molecular weight is 283 g/mol. The molecule has 3 rings (SSSR count). The average Bonchev–Trinajstić information content (AvgIpc) is 2.74. The van der Waals surface area contributed by atoms with Crippen molar-refractivity contribution in [3.8, 4) is 5.75 Å². The Morgan fingerprint density at radius 3 is 2.67 bits per heavy atom. The summed E-state index contributed by atoms with van der Waals surface area (Å²) in [5.74, 6) is 0.828. The van der Waals surface area contributed by atoms with Gasteiger partial charge in [0.05, 0.1) is 0 Å². The fraction of sp³-hybridized carbons (Fsp3) is 0.333. The van der Waals surface area contributed by atoms with Crippen LogP contribution < -0.4 is 10.1 Å². The third-order valence-electron chi connectivity index (χ3n) is 4.14. The van der Waals surface area contributed by atoms with Crippen molar-refractivity contribution in [3.05, 3.63) is 65.2 Å². The van der Waals surface area contributed by atoms with Gasteiger partial charge in [-0.3, -0.25) is 0 Å². The number of benzene rings is 2. The van der Waals surface area contributed by atoms with Crippen LogP contribution in [0.15, 0.2) is 48.5 Å². The number of nitrogens with one attached hydrogen (secondary N) is 1. The first-order valence-electron chi connectivity index (χ1n) is 7.31. The largest absolute Gasteiger partial charge is 0.482 e. The number of aliphatic hydroxyl groups is 1. The predicted molar refractivity (Wildman–Crippen MR) is 83.6 cm³/mol. The monoisotopic (exact) mass is 283 g/mol. The van der Waals surface area contributed by atoms with Crippen molar-refractivity contribution >= 4 is 0 Å². The molecule has 0 aliphatic heterocycles. The normalized spacial score (nSPS) is 23.9.